The van der Waals surface area contributed by atoms with Gasteiger partial charge < -0.3 is 9.64 Å². The van der Waals surface area contributed by atoms with E-state index in [0.29, 0.717) is 6.10 Å². The second-order valence-electron chi connectivity index (χ2n) is 2.64. The summed E-state index contributed by atoms with van der Waals surface area (Å²) in [4.78, 5) is 2.16. The van der Waals surface area contributed by atoms with E-state index >= 15 is 0 Å². The molecule has 13 heavy (non-hydrogen) atoms. The molecule has 0 aliphatic rings. The van der Waals surface area contributed by atoms with E-state index in [1.165, 1.54) is 6.82 Å². The fourth-order valence-corrected chi connectivity index (χ4v) is 0.558. The predicted octanol–water partition coefficient (Wildman–Crippen LogP) is 2.20. The Kier molecular flexibility index (Phi) is 25.8. The molecule has 0 saturated heterocycles. The highest BCUT2D eigenvalue weighted by atomic mass is 16.5. The third-order valence-corrected chi connectivity index (χ3v) is 1.39. The number of nitrogens with zero attached hydrogens (tertiary/aromatic N) is 1. The third-order valence-electron chi connectivity index (χ3n) is 1.39. The zero-order chi connectivity index (χ0) is 11.3. The minimum Gasteiger partial charge on any atom is -0.382 e. The van der Waals surface area contributed by atoms with Crippen molar-refractivity contribution in [1.29, 1.82) is 0 Å². The van der Waals surface area contributed by atoms with Crippen LogP contribution in [0.1, 0.15) is 27.2 Å². The topological polar surface area (TPSA) is 12.5 Å². The molecule has 0 fully saturated rings. The second kappa shape index (κ2) is 17.9. The van der Waals surface area contributed by atoms with Gasteiger partial charge in [0.05, 0.1) is 14.0 Å². The van der Waals surface area contributed by atoms with E-state index in [0.717, 1.165) is 13.0 Å². The first-order chi connectivity index (χ1) is 6.16. The number of methoxy groups -OCH3 is 1. The number of hydrogen-bond acceptors (Lipinski definition) is 2. The van der Waals surface area contributed by atoms with Gasteiger partial charge in [-0.25, -0.2) is 0 Å². The molecule has 0 amide bonds. The van der Waals surface area contributed by atoms with Crippen molar-refractivity contribution in [3.05, 3.63) is 0 Å². The van der Waals surface area contributed by atoms with Gasteiger partial charge in [-0.3, -0.25) is 0 Å². The van der Waals surface area contributed by atoms with Crippen LogP contribution in [0.2, 0.25) is 6.82 Å². The molecule has 0 heterocycles. The average molecular weight is 187 g/mol. The number of ether oxygens (including phenoxy) is 1. The average Bonchev–Trinajstić information content (AvgIpc) is 2.20. The highest BCUT2D eigenvalue weighted by Gasteiger charge is 1.98. The van der Waals surface area contributed by atoms with E-state index in [-0.39, 0.29) is 0 Å². The van der Waals surface area contributed by atoms with Gasteiger partial charge in [-0.1, -0.05) is 20.7 Å². The molecule has 0 spiro atoms. The van der Waals surface area contributed by atoms with Gasteiger partial charge in [-0.2, -0.15) is 0 Å². The normalized spacial score (nSPS) is 10.8. The van der Waals surface area contributed by atoms with E-state index in [9.17, 15) is 0 Å². The Morgan fingerprint density at radius 1 is 1.23 bits per heavy atom. The molecule has 1 atom stereocenters. The monoisotopic (exact) mass is 187 g/mol. The Labute approximate surface area is 86.1 Å². The van der Waals surface area contributed by atoms with Crippen LogP contribution in [0.25, 0.3) is 0 Å². The summed E-state index contributed by atoms with van der Waals surface area (Å²) in [6.07, 6.45) is 1.51. The van der Waals surface area contributed by atoms with E-state index in [4.69, 9.17) is 4.74 Å². The predicted molar refractivity (Wildman–Crippen MR) is 62.6 cm³/mol. The van der Waals surface area contributed by atoms with Crippen LogP contribution in [0.4, 0.5) is 0 Å². The smallest absolute Gasteiger partial charge is 0.0606 e. The van der Waals surface area contributed by atoms with Gasteiger partial charge in [0, 0.05) is 7.11 Å². The molecule has 1 unspecified atom stereocenters. The molecule has 0 saturated carbocycles. The van der Waals surface area contributed by atoms with Crippen molar-refractivity contribution in [3.8, 4) is 0 Å². The largest absolute Gasteiger partial charge is 0.382 e. The summed E-state index contributed by atoms with van der Waals surface area (Å²) < 4.78 is 5.07. The molecule has 0 aliphatic heterocycles. The summed E-state index contributed by atoms with van der Waals surface area (Å²) in [6.45, 7) is 8.69. The highest BCUT2D eigenvalue weighted by Crippen LogP contribution is 1.94. The van der Waals surface area contributed by atoms with Crippen molar-refractivity contribution in [2.75, 3.05) is 27.7 Å². The van der Waals surface area contributed by atoms with E-state index in [1.807, 2.05) is 13.8 Å². The summed E-state index contributed by atoms with van der Waals surface area (Å²) in [7, 11) is 10.4. The van der Waals surface area contributed by atoms with Gasteiger partial charge in [0.25, 0.3) is 0 Å². The van der Waals surface area contributed by atoms with Crippen LogP contribution >= 0.6 is 0 Å². The van der Waals surface area contributed by atoms with Gasteiger partial charge in [0.15, 0.2) is 0 Å². The lowest BCUT2D eigenvalue weighted by Crippen LogP contribution is -2.18. The molecule has 0 N–H and O–H groups in total. The van der Waals surface area contributed by atoms with Crippen LogP contribution < -0.4 is 0 Å². The maximum Gasteiger partial charge on any atom is 0.0606 e. The maximum atomic E-state index is 5.07. The van der Waals surface area contributed by atoms with Crippen molar-refractivity contribution < 1.29 is 4.74 Å². The van der Waals surface area contributed by atoms with Gasteiger partial charge >= 0.3 is 0 Å². The summed E-state index contributed by atoms with van der Waals surface area (Å²) in [5.41, 5.74) is 0. The van der Waals surface area contributed by atoms with Crippen LogP contribution in [0.3, 0.4) is 0 Å². The van der Waals surface area contributed by atoms with E-state index in [1.54, 1.807) is 7.11 Å². The minimum absolute atomic E-state index is 0.396. The van der Waals surface area contributed by atoms with Crippen molar-refractivity contribution in [1.82, 2.24) is 4.90 Å². The lowest BCUT2D eigenvalue weighted by molar-refractivity contribution is 0.103. The van der Waals surface area contributed by atoms with Gasteiger partial charge in [0.2, 0.25) is 0 Å². The molecule has 0 aromatic heterocycles. The van der Waals surface area contributed by atoms with Crippen molar-refractivity contribution in [2.45, 2.75) is 40.1 Å². The molecule has 3 heteroatoms. The Bertz CT molecular complexity index is 69.9. The minimum atomic E-state index is 0.396. The Hall–Kier alpha value is -0.0151. The molecule has 0 aromatic carbocycles. The standard InChI is InChI=1S/C7H17NO.C2H6.CH3B/c1-7(9-4)5-6-8(2)3;2*1-2/h7H,5-6H2,1-4H3;1-2H3;1H3. The molecular formula is C10H26BNO. The molecule has 0 aliphatic carbocycles. The van der Waals surface area contributed by atoms with Gasteiger partial charge in [-0.05, 0) is 34.0 Å². The summed E-state index contributed by atoms with van der Waals surface area (Å²) in [5, 5.41) is 0. The second-order valence-corrected chi connectivity index (χ2v) is 2.64. The van der Waals surface area contributed by atoms with Gasteiger partial charge in [-0.15, -0.1) is 0 Å². The van der Waals surface area contributed by atoms with E-state index in [2.05, 4.69) is 33.8 Å². The van der Waals surface area contributed by atoms with Crippen LogP contribution in [0, 0.1) is 0 Å². The first-order valence-corrected chi connectivity index (χ1v) is 4.92. The summed E-state index contributed by atoms with van der Waals surface area (Å²) >= 11 is 0. The zero-order valence-electron chi connectivity index (χ0n) is 10.4. The van der Waals surface area contributed by atoms with Crippen molar-refractivity contribution in [2.24, 2.45) is 0 Å². The van der Waals surface area contributed by atoms with Crippen molar-refractivity contribution in [3.63, 3.8) is 0 Å². The number of hydrogen-bond donors (Lipinski definition) is 0. The molecule has 0 aromatic rings. The first kappa shape index (κ1) is 18.7. The number of rotatable bonds is 4. The SMILES string of the molecule is CC.COC(C)CCN(C)C.[B]C. The highest BCUT2D eigenvalue weighted by molar-refractivity contribution is 6.05. The Morgan fingerprint density at radius 2 is 1.62 bits per heavy atom. The van der Waals surface area contributed by atoms with Crippen LogP contribution in [0.5, 0.6) is 0 Å². The van der Waals surface area contributed by atoms with Crippen LogP contribution in [0.15, 0.2) is 0 Å². The van der Waals surface area contributed by atoms with Crippen molar-refractivity contribution >= 4 is 7.85 Å². The zero-order valence-corrected chi connectivity index (χ0v) is 10.4. The van der Waals surface area contributed by atoms with Crippen LogP contribution in [-0.2, 0) is 4.74 Å². The van der Waals surface area contributed by atoms with Gasteiger partial charge in [0.1, 0.15) is 0 Å². The summed E-state index contributed by atoms with van der Waals surface area (Å²) in [6, 6.07) is 0. The first-order valence-electron chi connectivity index (χ1n) is 4.92. The van der Waals surface area contributed by atoms with Crippen LogP contribution in [-0.4, -0.2) is 46.6 Å². The lowest BCUT2D eigenvalue weighted by Gasteiger charge is -2.12. The fourth-order valence-electron chi connectivity index (χ4n) is 0.558. The maximum absolute atomic E-state index is 5.07. The Morgan fingerprint density at radius 3 is 1.85 bits per heavy atom. The Balaban J connectivity index is -0.000000218. The summed E-state index contributed by atoms with van der Waals surface area (Å²) in [5.74, 6) is 0. The van der Waals surface area contributed by atoms with E-state index < -0.39 is 0 Å². The third kappa shape index (κ3) is 24.5. The molecule has 80 valence electrons. The molecule has 2 nitrogen and oxygen atoms in total. The lowest BCUT2D eigenvalue weighted by atomic mass is 10.2. The molecule has 0 bridgehead atoms. The molecular weight excluding hydrogens is 161 g/mol. The molecule has 2 radical (unpaired) electrons. The molecule has 0 rings (SSSR count). The fraction of sp³-hybridized carbons (Fsp3) is 1.00. The quantitative estimate of drug-likeness (QED) is 0.625.